The summed E-state index contributed by atoms with van der Waals surface area (Å²) < 4.78 is 5.14. The fourth-order valence-electron chi connectivity index (χ4n) is 2.78. The van der Waals surface area contributed by atoms with Gasteiger partial charge < -0.3 is 14.6 Å². The van der Waals surface area contributed by atoms with Crippen molar-refractivity contribution < 1.29 is 9.53 Å². The number of methoxy groups -OCH3 is 1. The Hall–Kier alpha value is -3.34. The predicted octanol–water partition coefficient (Wildman–Crippen LogP) is 3.25. The maximum atomic E-state index is 12.3. The number of ether oxygens (including phenoxy) is 1. The van der Waals surface area contributed by atoms with Crippen LogP contribution in [-0.4, -0.2) is 36.5 Å². The largest absolute Gasteiger partial charge is 0.497 e. The first kappa shape index (κ1) is 18.5. The molecule has 0 bridgehead atoms. The zero-order chi connectivity index (χ0) is 19.2. The van der Waals surface area contributed by atoms with Crippen molar-refractivity contribution in [3.05, 3.63) is 82.2 Å². The number of rotatable bonds is 6. The van der Waals surface area contributed by atoms with Gasteiger partial charge in [0, 0.05) is 30.7 Å². The first-order valence-electron chi connectivity index (χ1n) is 8.75. The molecule has 0 unspecified atom stereocenters. The monoisotopic (exact) mass is 362 g/mol. The van der Waals surface area contributed by atoms with E-state index in [1.807, 2.05) is 48.5 Å². The van der Waals surface area contributed by atoms with Crippen LogP contribution in [0.5, 0.6) is 5.75 Å². The Morgan fingerprint density at radius 1 is 1.15 bits per heavy atom. The number of hydrogen-bond donors (Lipinski definition) is 1. The molecule has 0 saturated carbocycles. The van der Waals surface area contributed by atoms with E-state index in [0.717, 1.165) is 28.6 Å². The Morgan fingerprint density at radius 3 is 2.63 bits per heavy atom. The molecule has 5 nitrogen and oxygen atoms in total. The summed E-state index contributed by atoms with van der Waals surface area (Å²) >= 11 is 0. The summed E-state index contributed by atoms with van der Waals surface area (Å²) in [6, 6.07) is 17.1. The average Bonchev–Trinajstić information content (AvgIpc) is 2.70. The first-order chi connectivity index (χ1) is 13.1. The van der Waals surface area contributed by atoms with Crippen LogP contribution in [0.15, 0.2) is 65.5 Å². The summed E-state index contributed by atoms with van der Waals surface area (Å²) in [5.74, 6) is 0.669. The van der Waals surface area contributed by atoms with Crippen molar-refractivity contribution in [1.82, 2.24) is 9.88 Å². The molecule has 138 valence electrons. The summed E-state index contributed by atoms with van der Waals surface area (Å²) in [4.78, 5) is 28.9. The fraction of sp³-hybridized carbons (Fsp3) is 0.182. The molecule has 1 N–H and O–H groups in total. The van der Waals surface area contributed by atoms with Crippen molar-refractivity contribution in [1.29, 1.82) is 0 Å². The Balaban J connectivity index is 1.63. The molecule has 1 aromatic heterocycles. The lowest BCUT2D eigenvalue weighted by molar-refractivity contribution is -0.124. The van der Waals surface area contributed by atoms with Gasteiger partial charge in [0.1, 0.15) is 5.75 Å². The summed E-state index contributed by atoms with van der Waals surface area (Å²) in [7, 11) is 3.38. The van der Waals surface area contributed by atoms with E-state index < -0.39 is 0 Å². The molecule has 1 amide bonds. The third-order valence-electron chi connectivity index (χ3n) is 4.46. The van der Waals surface area contributed by atoms with Crippen molar-refractivity contribution in [3.8, 4) is 5.75 Å². The average molecular weight is 362 g/mol. The van der Waals surface area contributed by atoms with Crippen LogP contribution >= 0.6 is 0 Å². The van der Waals surface area contributed by atoms with Gasteiger partial charge in [0.2, 0.25) is 5.91 Å². The van der Waals surface area contributed by atoms with Gasteiger partial charge in [0.05, 0.1) is 7.11 Å². The van der Waals surface area contributed by atoms with Gasteiger partial charge in [-0.25, -0.2) is 0 Å². The number of nitrogens with one attached hydrogen (secondary N) is 1. The predicted molar refractivity (Wildman–Crippen MR) is 108 cm³/mol. The molecule has 0 radical (unpaired) electrons. The number of likely N-dealkylation sites (N-methyl/N-ethyl adjacent to an activating group) is 1. The van der Waals surface area contributed by atoms with Crippen molar-refractivity contribution in [2.75, 3.05) is 20.7 Å². The number of fused-ring (bicyclic) bond motifs is 1. The molecule has 0 atom stereocenters. The lowest BCUT2D eigenvalue weighted by Crippen LogP contribution is -2.27. The molecule has 27 heavy (non-hydrogen) atoms. The van der Waals surface area contributed by atoms with Crippen molar-refractivity contribution in [2.45, 2.75) is 6.42 Å². The van der Waals surface area contributed by atoms with E-state index in [0.29, 0.717) is 12.1 Å². The van der Waals surface area contributed by atoms with Crippen LogP contribution in [0.4, 0.5) is 0 Å². The number of para-hydroxylation sites is 1. The number of aromatic amines is 1. The van der Waals surface area contributed by atoms with Crippen molar-refractivity contribution in [2.24, 2.45) is 0 Å². The molecular formula is C22H22N2O3. The lowest BCUT2D eigenvalue weighted by atomic mass is 10.1. The number of H-pyrrole nitrogens is 1. The van der Waals surface area contributed by atoms with Gasteiger partial charge in [-0.3, -0.25) is 9.59 Å². The van der Waals surface area contributed by atoms with Crippen molar-refractivity contribution >= 4 is 22.9 Å². The van der Waals surface area contributed by atoms with E-state index >= 15 is 0 Å². The van der Waals surface area contributed by atoms with Crippen LogP contribution in [0, 0.1) is 0 Å². The minimum absolute atomic E-state index is 0.143. The van der Waals surface area contributed by atoms with E-state index in [4.69, 9.17) is 4.74 Å². The molecule has 5 heteroatoms. The number of pyridine rings is 1. The number of nitrogens with zero attached hydrogens (tertiary/aromatic N) is 1. The van der Waals surface area contributed by atoms with E-state index in [1.54, 1.807) is 31.2 Å². The number of amides is 1. The molecule has 0 spiro atoms. The number of carbonyl (C=O) groups is 1. The zero-order valence-electron chi connectivity index (χ0n) is 15.4. The Kier molecular flexibility index (Phi) is 5.71. The summed E-state index contributed by atoms with van der Waals surface area (Å²) in [6.07, 6.45) is 3.75. The number of carbonyl (C=O) groups excluding carboxylic acids is 1. The molecule has 0 aliphatic rings. The SMILES string of the molecule is COc1ccc(CCN(C)C(=O)/C=C/c2cc3ccccc3[nH]c2=O)cc1. The van der Waals surface area contributed by atoms with E-state index in [2.05, 4.69) is 4.98 Å². The van der Waals surface area contributed by atoms with Gasteiger partial charge in [-0.2, -0.15) is 0 Å². The van der Waals surface area contributed by atoms with Gasteiger partial charge in [-0.05, 0) is 47.7 Å². The molecule has 0 saturated heterocycles. The standard InChI is InChI=1S/C22H22N2O3/c1-24(14-13-16-7-10-19(27-2)11-8-16)21(25)12-9-18-15-17-5-3-4-6-20(17)23-22(18)26/h3-12,15H,13-14H2,1-2H3,(H,23,26)/b12-9+. The Morgan fingerprint density at radius 2 is 1.89 bits per heavy atom. The van der Waals surface area contributed by atoms with Gasteiger partial charge in [0.15, 0.2) is 0 Å². The van der Waals surface area contributed by atoms with E-state index in [-0.39, 0.29) is 11.5 Å². The topological polar surface area (TPSA) is 62.4 Å². The summed E-state index contributed by atoms with van der Waals surface area (Å²) in [6.45, 7) is 0.587. The van der Waals surface area contributed by atoms with E-state index in [9.17, 15) is 9.59 Å². The number of hydrogen-bond acceptors (Lipinski definition) is 3. The van der Waals surface area contributed by atoms with Gasteiger partial charge in [-0.15, -0.1) is 0 Å². The van der Waals surface area contributed by atoms with Crippen LogP contribution in [0.25, 0.3) is 17.0 Å². The van der Waals surface area contributed by atoms with Crippen LogP contribution < -0.4 is 10.3 Å². The van der Waals surface area contributed by atoms with Crippen LogP contribution in [0.2, 0.25) is 0 Å². The fourth-order valence-corrected chi connectivity index (χ4v) is 2.78. The smallest absolute Gasteiger partial charge is 0.255 e. The van der Waals surface area contributed by atoms with Crippen LogP contribution in [-0.2, 0) is 11.2 Å². The van der Waals surface area contributed by atoms with Gasteiger partial charge in [0.25, 0.3) is 5.56 Å². The molecule has 0 aliphatic heterocycles. The molecule has 1 heterocycles. The molecule has 0 aliphatic carbocycles. The number of aromatic nitrogens is 1. The van der Waals surface area contributed by atoms with Gasteiger partial charge >= 0.3 is 0 Å². The van der Waals surface area contributed by atoms with Crippen LogP contribution in [0.1, 0.15) is 11.1 Å². The highest BCUT2D eigenvalue weighted by atomic mass is 16.5. The number of benzene rings is 2. The molecular weight excluding hydrogens is 340 g/mol. The first-order valence-corrected chi connectivity index (χ1v) is 8.75. The molecule has 2 aromatic carbocycles. The molecule has 3 aromatic rings. The van der Waals surface area contributed by atoms with Crippen LogP contribution in [0.3, 0.4) is 0 Å². The highest BCUT2D eigenvalue weighted by Crippen LogP contribution is 2.13. The summed E-state index contributed by atoms with van der Waals surface area (Å²) in [5.41, 5.74) is 2.16. The normalized spacial score (nSPS) is 11.0. The highest BCUT2D eigenvalue weighted by molar-refractivity contribution is 5.92. The van der Waals surface area contributed by atoms with E-state index in [1.165, 1.54) is 6.08 Å². The zero-order valence-corrected chi connectivity index (χ0v) is 15.4. The quantitative estimate of drug-likeness (QED) is 0.685. The third kappa shape index (κ3) is 4.64. The second kappa shape index (κ2) is 8.36. The van der Waals surface area contributed by atoms with Crippen molar-refractivity contribution in [3.63, 3.8) is 0 Å². The van der Waals surface area contributed by atoms with Gasteiger partial charge in [-0.1, -0.05) is 30.3 Å². The Bertz CT molecular complexity index is 1020. The lowest BCUT2D eigenvalue weighted by Gasteiger charge is -2.15. The maximum absolute atomic E-state index is 12.3. The summed E-state index contributed by atoms with van der Waals surface area (Å²) in [5, 5.41) is 0.928. The Labute approximate surface area is 157 Å². The minimum Gasteiger partial charge on any atom is -0.497 e. The minimum atomic E-state index is -0.210. The molecule has 0 fully saturated rings. The second-order valence-corrected chi connectivity index (χ2v) is 6.33. The third-order valence-corrected chi connectivity index (χ3v) is 4.46. The second-order valence-electron chi connectivity index (χ2n) is 6.33. The molecule has 3 rings (SSSR count). The highest BCUT2D eigenvalue weighted by Gasteiger charge is 2.06. The maximum Gasteiger partial charge on any atom is 0.255 e.